The zero-order chi connectivity index (χ0) is 6.57. The Kier molecular flexibility index (Phi) is 3.53. The molecule has 0 aromatic carbocycles. The predicted octanol–water partition coefficient (Wildman–Crippen LogP) is 2.11. The summed E-state index contributed by atoms with van der Waals surface area (Å²) in [5, 5.41) is 0.553. The second-order valence-electron chi connectivity index (χ2n) is 1.55. The molecule has 2 heteroatoms. The summed E-state index contributed by atoms with van der Waals surface area (Å²) >= 11 is 5.39. The highest BCUT2D eigenvalue weighted by Crippen LogP contribution is 1.98. The normalized spacial score (nSPS) is 11.6. The molecule has 0 bridgehead atoms. The molecule has 0 saturated carbocycles. The smallest absolute Gasteiger partial charge is 0.156 e. The van der Waals surface area contributed by atoms with Crippen molar-refractivity contribution >= 4 is 17.4 Å². The number of hydrogen-bond acceptors (Lipinski definition) is 1. The van der Waals surface area contributed by atoms with E-state index < -0.39 is 0 Å². The first-order valence-electron chi connectivity index (χ1n) is 2.53. The molecule has 0 unspecified atom stereocenters. The first-order chi connectivity index (χ1) is 3.66. The molecule has 0 atom stereocenters. The standard InChI is InChI=1S/C6H9ClO/c1-3-6(8)4-5(2)7/h4H,3H2,1-2H3/b5-4+. The van der Waals surface area contributed by atoms with Gasteiger partial charge in [-0.3, -0.25) is 4.79 Å². The minimum absolute atomic E-state index is 0.0810. The van der Waals surface area contributed by atoms with Crippen LogP contribution in [0.1, 0.15) is 20.3 Å². The van der Waals surface area contributed by atoms with Gasteiger partial charge in [0.2, 0.25) is 0 Å². The van der Waals surface area contributed by atoms with E-state index in [1.54, 1.807) is 13.8 Å². The van der Waals surface area contributed by atoms with Crippen LogP contribution in [0.15, 0.2) is 11.1 Å². The Bertz CT molecular complexity index is 112. The van der Waals surface area contributed by atoms with Gasteiger partial charge in [0.1, 0.15) is 0 Å². The fraction of sp³-hybridized carbons (Fsp3) is 0.500. The highest BCUT2D eigenvalue weighted by Gasteiger charge is 1.89. The molecule has 0 fully saturated rings. The fourth-order valence-electron chi connectivity index (χ4n) is 0.324. The van der Waals surface area contributed by atoms with Crippen molar-refractivity contribution in [1.82, 2.24) is 0 Å². The Morgan fingerprint density at radius 2 is 2.25 bits per heavy atom. The highest BCUT2D eigenvalue weighted by atomic mass is 35.5. The summed E-state index contributed by atoms with van der Waals surface area (Å²) in [4.78, 5) is 10.5. The van der Waals surface area contributed by atoms with Crippen LogP contribution < -0.4 is 0 Å². The Morgan fingerprint density at radius 3 is 2.38 bits per heavy atom. The van der Waals surface area contributed by atoms with E-state index in [4.69, 9.17) is 11.6 Å². The highest BCUT2D eigenvalue weighted by molar-refractivity contribution is 6.30. The largest absolute Gasteiger partial charge is 0.295 e. The molecule has 0 rings (SSSR count). The summed E-state index contributed by atoms with van der Waals surface area (Å²) in [6.45, 7) is 3.49. The van der Waals surface area contributed by atoms with Crippen LogP contribution in [0.5, 0.6) is 0 Å². The number of halogens is 1. The third kappa shape index (κ3) is 3.88. The zero-order valence-corrected chi connectivity index (χ0v) is 5.83. The molecule has 0 aliphatic carbocycles. The van der Waals surface area contributed by atoms with E-state index >= 15 is 0 Å². The Balaban J connectivity index is 3.70. The lowest BCUT2D eigenvalue weighted by Gasteiger charge is -1.83. The van der Waals surface area contributed by atoms with E-state index in [1.807, 2.05) is 0 Å². The molecule has 46 valence electrons. The summed E-state index contributed by atoms with van der Waals surface area (Å²) in [6.07, 6.45) is 1.96. The van der Waals surface area contributed by atoms with E-state index in [-0.39, 0.29) is 5.78 Å². The van der Waals surface area contributed by atoms with Crippen molar-refractivity contribution in [2.75, 3.05) is 0 Å². The van der Waals surface area contributed by atoms with Crippen molar-refractivity contribution in [1.29, 1.82) is 0 Å². The lowest BCUT2D eigenvalue weighted by Crippen LogP contribution is -1.86. The van der Waals surface area contributed by atoms with Crippen molar-refractivity contribution in [2.45, 2.75) is 20.3 Å². The predicted molar refractivity (Wildman–Crippen MR) is 34.9 cm³/mol. The molecule has 0 aliphatic rings. The molecule has 0 spiro atoms. The number of hydrogen-bond donors (Lipinski definition) is 0. The van der Waals surface area contributed by atoms with Gasteiger partial charge in [0, 0.05) is 11.5 Å². The van der Waals surface area contributed by atoms with Crippen LogP contribution in [0, 0.1) is 0 Å². The van der Waals surface area contributed by atoms with Gasteiger partial charge in [-0.05, 0) is 13.0 Å². The van der Waals surface area contributed by atoms with Crippen LogP contribution in [0.4, 0.5) is 0 Å². The quantitative estimate of drug-likeness (QED) is 0.526. The first-order valence-corrected chi connectivity index (χ1v) is 2.91. The lowest BCUT2D eigenvalue weighted by molar-refractivity contribution is -0.114. The maximum Gasteiger partial charge on any atom is 0.156 e. The molecule has 0 saturated heterocycles. The van der Waals surface area contributed by atoms with E-state index in [2.05, 4.69) is 0 Å². The minimum atomic E-state index is 0.0810. The molecule has 0 aromatic rings. The molecule has 0 radical (unpaired) electrons. The summed E-state index contributed by atoms with van der Waals surface area (Å²) in [6, 6.07) is 0. The van der Waals surface area contributed by atoms with Crippen LogP contribution in [-0.2, 0) is 4.79 Å². The second kappa shape index (κ2) is 3.67. The van der Waals surface area contributed by atoms with E-state index in [9.17, 15) is 4.79 Å². The first kappa shape index (κ1) is 7.70. The molecule has 1 nitrogen and oxygen atoms in total. The fourth-order valence-corrected chi connectivity index (χ4v) is 0.446. The summed E-state index contributed by atoms with van der Waals surface area (Å²) in [7, 11) is 0. The molecule has 0 amide bonds. The van der Waals surface area contributed by atoms with Gasteiger partial charge in [-0.15, -0.1) is 0 Å². The maximum atomic E-state index is 10.5. The number of ketones is 1. The summed E-state index contributed by atoms with van der Waals surface area (Å²) in [5.74, 6) is 0.0810. The van der Waals surface area contributed by atoms with Gasteiger partial charge in [-0.25, -0.2) is 0 Å². The third-order valence-corrected chi connectivity index (χ3v) is 0.817. The lowest BCUT2D eigenvalue weighted by atomic mass is 10.3. The third-order valence-electron chi connectivity index (χ3n) is 0.708. The van der Waals surface area contributed by atoms with Gasteiger partial charge in [0.15, 0.2) is 5.78 Å². The van der Waals surface area contributed by atoms with Crippen LogP contribution in [-0.4, -0.2) is 5.78 Å². The molecule has 0 heterocycles. The average molecular weight is 133 g/mol. The maximum absolute atomic E-state index is 10.5. The number of allylic oxidation sites excluding steroid dienone is 2. The van der Waals surface area contributed by atoms with Crippen molar-refractivity contribution < 1.29 is 4.79 Å². The van der Waals surface area contributed by atoms with E-state index in [1.165, 1.54) is 6.08 Å². The molecular weight excluding hydrogens is 124 g/mol. The van der Waals surface area contributed by atoms with Gasteiger partial charge in [-0.2, -0.15) is 0 Å². The molecule has 0 aromatic heterocycles. The van der Waals surface area contributed by atoms with Crippen molar-refractivity contribution in [3.63, 3.8) is 0 Å². The monoisotopic (exact) mass is 132 g/mol. The second-order valence-corrected chi connectivity index (χ2v) is 2.15. The number of carbonyl (C=O) groups excluding carboxylic acids is 1. The molecule has 8 heavy (non-hydrogen) atoms. The van der Waals surface area contributed by atoms with Crippen LogP contribution in [0.3, 0.4) is 0 Å². The molecule has 0 aliphatic heterocycles. The van der Waals surface area contributed by atoms with Crippen LogP contribution in [0.2, 0.25) is 0 Å². The Morgan fingerprint density at radius 1 is 1.75 bits per heavy atom. The van der Waals surface area contributed by atoms with Crippen LogP contribution in [0.25, 0.3) is 0 Å². The summed E-state index contributed by atoms with van der Waals surface area (Å²) in [5.41, 5.74) is 0. The van der Waals surface area contributed by atoms with Crippen molar-refractivity contribution in [2.24, 2.45) is 0 Å². The van der Waals surface area contributed by atoms with Crippen molar-refractivity contribution in [3.05, 3.63) is 11.1 Å². The molecular formula is C6H9ClO. The minimum Gasteiger partial charge on any atom is -0.295 e. The Hall–Kier alpha value is -0.300. The van der Waals surface area contributed by atoms with E-state index in [0.717, 1.165) is 0 Å². The summed E-state index contributed by atoms with van der Waals surface area (Å²) < 4.78 is 0. The SMILES string of the molecule is CCC(=O)/C=C(\C)Cl. The van der Waals surface area contributed by atoms with Gasteiger partial charge in [0.25, 0.3) is 0 Å². The average Bonchev–Trinajstić information content (AvgIpc) is 1.65. The number of carbonyl (C=O) groups is 1. The van der Waals surface area contributed by atoms with Gasteiger partial charge >= 0.3 is 0 Å². The van der Waals surface area contributed by atoms with E-state index in [0.29, 0.717) is 11.5 Å². The van der Waals surface area contributed by atoms with Gasteiger partial charge in [0.05, 0.1) is 0 Å². The Labute approximate surface area is 54.3 Å². The van der Waals surface area contributed by atoms with Gasteiger partial charge in [-0.1, -0.05) is 18.5 Å². The topological polar surface area (TPSA) is 17.1 Å². The van der Waals surface area contributed by atoms with Gasteiger partial charge < -0.3 is 0 Å². The zero-order valence-electron chi connectivity index (χ0n) is 5.07. The van der Waals surface area contributed by atoms with Crippen molar-refractivity contribution in [3.8, 4) is 0 Å². The molecule has 0 N–H and O–H groups in total. The van der Waals surface area contributed by atoms with Crippen LogP contribution >= 0.6 is 11.6 Å². The number of rotatable bonds is 2.